The molecule has 1 heterocycles. The topological polar surface area (TPSA) is 134 Å². The highest BCUT2D eigenvalue weighted by atomic mass is 32.3. The largest absolute Gasteiger partial charge is 0.446 e. The van der Waals surface area contributed by atoms with Crippen LogP contribution in [0.4, 0.5) is 5.69 Å². The second kappa shape index (κ2) is 9.15. The molecule has 0 unspecified atom stereocenters. The molecule has 0 amide bonds. The van der Waals surface area contributed by atoms with E-state index in [0.717, 1.165) is 16.5 Å². The summed E-state index contributed by atoms with van der Waals surface area (Å²) in [6, 6.07) is 17.2. The van der Waals surface area contributed by atoms with Gasteiger partial charge >= 0.3 is 20.8 Å². The lowest BCUT2D eigenvalue weighted by molar-refractivity contribution is 0.248. The normalized spacial score (nSPS) is 15.5. The highest BCUT2D eigenvalue weighted by Crippen LogP contribution is 2.31. The first-order chi connectivity index (χ1) is 15.6. The molecule has 176 valence electrons. The highest BCUT2D eigenvalue weighted by Gasteiger charge is 2.21. The fourth-order valence-electron chi connectivity index (χ4n) is 3.89. The average Bonchev–Trinajstić information content (AvgIpc) is 2.74. The standard InChI is InChI=1S/C21H22N2O8S2/c24-32(25,26)30-18-8-6-17(7-9-18)23-13-11-22(12-14-23)15-20-19-4-2-1-3-16(19)5-10-21(20)31-33(27,28)29/h1-10H,11-15H2,(H,24,25,26)(H,27,28,29). The van der Waals surface area contributed by atoms with Crippen molar-refractivity contribution in [2.75, 3.05) is 31.1 Å². The van der Waals surface area contributed by atoms with Gasteiger partial charge in [0.1, 0.15) is 11.5 Å². The van der Waals surface area contributed by atoms with Gasteiger partial charge in [0.05, 0.1) is 0 Å². The number of nitrogens with zero attached hydrogens (tertiary/aromatic N) is 2. The second-order valence-corrected chi connectivity index (χ2v) is 9.59. The number of piperazine rings is 1. The van der Waals surface area contributed by atoms with E-state index >= 15 is 0 Å². The minimum absolute atomic E-state index is 0.0159. The van der Waals surface area contributed by atoms with Crippen LogP contribution < -0.4 is 13.3 Å². The van der Waals surface area contributed by atoms with E-state index in [1.54, 1.807) is 18.2 Å². The number of benzene rings is 3. The van der Waals surface area contributed by atoms with Gasteiger partial charge in [-0.25, -0.2) is 0 Å². The van der Waals surface area contributed by atoms with Gasteiger partial charge in [0.25, 0.3) is 0 Å². The molecule has 3 aromatic carbocycles. The summed E-state index contributed by atoms with van der Waals surface area (Å²) in [5.74, 6) is 0.107. The Hall–Kier alpha value is -2.90. The van der Waals surface area contributed by atoms with E-state index < -0.39 is 20.8 Å². The van der Waals surface area contributed by atoms with Gasteiger partial charge in [0.15, 0.2) is 0 Å². The van der Waals surface area contributed by atoms with Crippen LogP contribution in [0.5, 0.6) is 11.5 Å². The molecule has 0 bridgehead atoms. The molecule has 10 nitrogen and oxygen atoms in total. The minimum Gasteiger partial charge on any atom is -0.369 e. The summed E-state index contributed by atoms with van der Waals surface area (Å²) < 4.78 is 71.5. The van der Waals surface area contributed by atoms with E-state index in [4.69, 9.17) is 8.74 Å². The second-order valence-electron chi connectivity index (χ2n) is 7.54. The highest BCUT2D eigenvalue weighted by molar-refractivity contribution is 7.81. The lowest BCUT2D eigenvalue weighted by Gasteiger charge is -2.36. The minimum atomic E-state index is -4.66. The van der Waals surface area contributed by atoms with Crippen LogP contribution in [0, 0.1) is 0 Å². The predicted octanol–water partition coefficient (Wildman–Crippen LogP) is 2.53. The average molecular weight is 495 g/mol. The molecule has 0 spiro atoms. The number of hydrogen-bond acceptors (Lipinski definition) is 8. The molecule has 0 saturated carbocycles. The van der Waals surface area contributed by atoms with Crippen molar-refractivity contribution in [1.82, 2.24) is 4.90 Å². The van der Waals surface area contributed by atoms with Crippen LogP contribution in [0.2, 0.25) is 0 Å². The van der Waals surface area contributed by atoms with E-state index in [0.29, 0.717) is 38.3 Å². The Kier molecular flexibility index (Phi) is 6.45. The third-order valence-corrected chi connectivity index (χ3v) is 6.14. The van der Waals surface area contributed by atoms with E-state index in [9.17, 15) is 21.4 Å². The monoisotopic (exact) mass is 494 g/mol. The van der Waals surface area contributed by atoms with E-state index in [-0.39, 0.29) is 11.5 Å². The van der Waals surface area contributed by atoms with Crippen molar-refractivity contribution in [3.8, 4) is 11.5 Å². The van der Waals surface area contributed by atoms with Crippen molar-refractivity contribution in [3.05, 3.63) is 66.2 Å². The zero-order chi connectivity index (χ0) is 23.6. The van der Waals surface area contributed by atoms with Crippen molar-refractivity contribution in [2.45, 2.75) is 6.54 Å². The van der Waals surface area contributed by atoms with Crippen molar-refractivity contribution < 1.29 is 34.3 Å². The molecule has 1 fully saturated rings. The van der Waals surface area contributed by atoms with Gasteiger partial charge in [-0.15, -0.1) is 0 Å². The molecule has 2 N–H and O–H groups in total. The number of rotatable bonds is 7. The van der Waals surface area contributed by atoms with Crippen LogP contribution in [0.1, 0.15) is 5.56 Å². The lowest BCUT2D eigenvalue weighted by Crippen LogP contribution is -2.46. The number of fused-ring (bicyclic) bond motifs is 1. The Balaban J connectivity index is 1.47. The van der Waals surface area contributed by atoms with Crippen LogP contribution in [0.3, 0.4) is 0 Å². The van der Waals surface area contributed by atoms with Crippen LogP contribution >= 0.6 is 0 Å². The zero-order valence-corrected chi connectivity index (χ0v) is 19.0. The van der Waals surface area contributed by atoms with Gasteiger partial charge in [-0.2, -0.15) is 16.8 Å². The summed E-state index contributed by atoms with van der Waals surface area (Å²) in [6.07, 6.45) is 0. The quantitative estimate of drug-likeness (QED) is 0.472. The SMILES string of the molecule is O=S(=O)(O)Oc1ccc(N2CCN(Cc3c(OS(=O)(=O)O)ccc4ccccc34)CC2)cc1. The van der Waals surface area contributed by atoms with Gasteiger partial charge in [-0.1, -0.05) is 30.3 Å². The van der Waals surface area contributed by atoms with Crippen LogP contribution in [0.25, 0.3) is 10.8 Å². The van der Waals surface area contributed by atoms with Gasteiger partial charge < -0.3 is 13.3 Å². The molecular weight excluding hydrogens is 472 g/mol. The fraction of sp³-hybridized carbons (Fsp3) is 0.238. The van der Waals surface area contributed by atoms with Gasteiger partial charge in [0, 0.05) is 44.0 Å². The Bertz CT molecular complexity index is 1350. The van der Waals surface area contributed by atoms with Crippen molar-refractivity contribution in [2.24, 2.45) is 0 Å². The maximum atomic E-state index is 11.3. The molecule has 0 aromatic heterocycles. The van der Waals surface area contributed by atoms with E-state index in [1.165, 1.54) is 18.2 Å². The summed E-state index contributed by atoms with van der Waals surface area (Å²) in [5.41, 5.74) is 1.55. The maximum absolute atomic E-state index is 11.3. The predicted molar refractivity (Wildman–Crippen MR) is 122 cm³/mol. The maximum Gasteiger partial charge on any atom is 0.446 e. The first kappa shape index (κ1) is 23.3. The fourth-order valence-corrected chi connectivity index (χ4v) is 4.63. The third-order valence-electron chi connectivity index (χ3n) is 5.35. The molecule has 1 aliphatic heterocycles. The Labute approximate surface area is 191 Å². The zero-order valence-electron chi connectivity index (χ0n) is 17.4. The Morgan fingerprint density at radius 3 is 2.03 bits per heavy atom. The smallest absolute Gasteiger partial charge is 0.369 e. The van der Waals surface area contributed by atoms with Crippen LogP contribution in [-0.2, 0) is 27.3 Å². The summed E-state index contributed by atoms with van der Waals surface area (Å²) in [7, 11) is -9.23. The summed E-state index contributed by atoms with van der Waals surface area (Å²) in [5, 5.41) is 1.77. The van der Waals surface area contributed by atoms with E-state index in [1.807, 2.05) is 24.3 Å². The molecule has 0 radical (unpaired) electrons. The molecule has 12 heteroatoms. The van der Waals surface area contributed by atoms with Crippen molar-refractivity contribution >= 4 is 37.3 Å². The first-order valence-electron chi connectivity index (χ1n) is 9.99. The van der Waals surface area contributed by atoms with Crippen LogP contribution in [0.15, 0.2) is 60.7 Å². The summed E-state index contributed by atoms with van der Waals surface area (Å²) in [4.78, 5) is 4.28. The Morgan fingerprint density at radius 1 is 0.758 bits per heavy atom. The van der Waals surface area contributed by atoms with Gasteiger partial charge in [-0.05, 0) is 41.1 Å². The molecule has 3 aromatic rings. The molecule has 1 saturated heterocycles. The number of anilines is 1. The van der Waals surface area contributed by atoms with Crippen molar-refractivity contribution in [3.63, 3.8) is 0 Å². The van der Waals surface area contributed by atoms with E-state index in [2.05, 4.69) is 14.0 Å². The molecular formula is C21H22N2O8S2. The third kappa shape index (κ3) is 6.12. The van der Waals surface area contributed by atoms with Gasteiger partial charge in [-0.3, -0.25) is 14.0 Å². The molecule has 0 atom stereocenters. The molecule has 1 aliphatic rings. The first-order valence-corrected chi connectivity index (χ1v) is 12.7. The molecule has 0 aliphatic carbocycles. The number of hydrogen-bond donors (Lipinski definition) is 2. The molecule has 33 heavy (non-hydrogen) atoms. The Morgan fingerprint density at radius 2 is 1.39 bits per heavy atom. The van der Waals surface area contributed by atoms with Gasteiger partial charge in [0.2, 0.25) is 0 Å². The summed E-state index contributed by atoms with van der Waals surface area (Å²) in [6.45, 7) is 3.15. The van der Waals surface area contributed by atoms with Crippen molar-refractivity contribution in [1.29, 1.82) is 0 Å². The summed E-state index contributed by atoms with van der Waals surface area (Å²) >= 11 is 0. The molecule has 4 rings (SSSR count). The van der Waals surface area contributed by atoms with Crippen LogP contribution in [-0.4, -0.2) is 57.0 Å². The lowest BCUT2D eigenvalue weighted by atomic mass is 10.0.